The van der Waals surface area contributed by atoms with Crippen LogP contribution in [0.3, 0.4) is 0 Å². The van der Waals surface area contributed by atoms with Crippen molar-refractivity contribution in [3.8, 4) is 0 Å². The average Bonchev–Trinajstić information content (AvgIpc) is 3.05. The maximum Gasteiger partial charge on any atom is 0.414 e. The summed E-state index contributed by atoms with van der Waals surface area (Å²) in [6, 6.07) is 13.4. The molecule has 0 spiro atoms. The monoisotopic (exact) mass is 436 g/mol. The fourth-order valence-corrected chi connectivity index (χ4v) is 2.87. The van der Waals surface area contributed by atoms with Crippen LogP contribution < -0.4 is 5.32 Å². The van der Waals surface area contributed by atoms with Gasteiger partial charge in [0.05, 0.1) is 4.47 Å². The number of aliphatic carboxylic acids is 2. The largest absolute Gasteiger partial charge is 0.473 e. The summed E-state index contributed by atoms with van der Waals surface area (Å²) in [4.78, 5) is 21.5. The van der Waals surface area contributed by atoms with Crippen LogP contribution in [0, 0.1) is 5.82 Å². The fourth-order valence-electron chi connectivity index (χ4n) is 2.44. The normalized spacial score (nSPS) is 10.3. The molecule has 142 valence electrons. The zero-order valence-corrected chi connectivity index (χ0v) is 15.8. The van der Waals surface area contributed by atoms with E-state index in [1.807, 2.05) is 12.1 Å². The molecule has 0 fully saturated rings. The Bertz CT molecular complexity index is 930. The number of hydrogen-bond acceptors (Lipinski definition) is 3. The minimum atomic E-state index is -1.82. The van der Waals surface area contributed by atoms with Crippen molar-refractivity contribution in [3.05, 3.63) is 70.1 Å². The highest BCUT2D eigenvalue weighted by atomic mass is 79.9. The molecule has 1 heterocycles. The lowest BCUT2D eigenvalue weighted by atomic mass is 10.1. The van der Waals surface area contributed by atoms with E-state index in [1.54, 1.807) is 6.07 Å². The maximum atomic E-state index is 13.2. The Morgan fingerprint density at radius 3 is 2.48 bits per heavy atom. The fraction of sp³-hybridized carbons (Fsp3) is 0.158. The minimum Gasteiger partial charge on any atom is -0.473 e. The summed E-state index contributed by atoms with van der Waals surface area (Å²) in [6.45, 7) is 1.62. The van der Waals surface area contributed by atoms with Crippen LogP contribution in [-0.2, 0) is 22.6 Å². The summed E-state index contributed by atoms with van der Waals surface area (Å²) in [6.07, 6.45) is 3.03. The van der Waals surface area contributed by atoms with E-state index in [0.29, 0.717) is 4.47 Å². The molecule has 0 atom stereocenters. The molecule has 4 N–H and O–H groups in total. The van der Waals surface area contributed by atoms with Gasteiger partial charge in [-0.2, -0.15) is 0 Å². The van der Waals surface area contributed by atoms with Crippen molar-refractivity contribution < 1.29 is 24.2 Å². The molecule has 1 aromatic heterocycles. The molecule has 8 heteroatoms. The van der Waals surface area contributed by atoms with E-state index in [4.69, 9.17) is 19.8 Å². The third-order valence-corrected chi connectivity index (χ3v) is 4.35. The Balaban J connectivity index is 0.000000380. The first-order valence-corrected chi connectivity index (χ1v) is 8.83. The second-order valence-corrected chi connectivity index (χ2v) is 6.50. The Hall–Kier alpha value is -2.71. The summed E-state index contributed by atoms with van der Waals surface area (Å²) >= 11 is 3.21. The van der Waals surface area contributed by atoms with Crippen molar-refractivity contribution in [3.63, 3.8) is 0 Å². The number of hydrogen-bond donors (Lipinski definition) is 4. The molecule has 0 aliphatic heterocycles. The van der Waals surface area contributed by atoms with E-state index in [-0.39, 0.29) is 5.82 Å². The van der Waals surface area contributed by atoms with Gasteiger partial charge in [0.1, 0.15) is 5.82 Å². The van der Waals surface area contributed by atoms with Crippen LogP contribution in [0.15, 0.2) is 53.1 Å². The van der Waals surface area contributed by atoms with Crippen LogP contribution in [0.1, 0.15) is 11.1 Å². The number of aromatic amines is 1. The van der Waals surface area contributed by atoms with Crippen LogP contribution in [-0.4, -0.2) is 33.7 Å². The molecule has 0 aliphatic rings. The second kappa shape index (κ2) is 9.84. The molecule has 3 aromatic rings. The molecule has 0 aliphatic carbocycles. The van der Waals surface area contributed by atoms with Gasteiger partial charge in [-0.25, -0.2) is 14.0 Å². The predicted molar refractivity (Wildman–Crippen MR) is 103 cm³/mol. The van der Waals surface area contributed by atoms with Gasteiger partial charge in [0.2, 0.25) is 0 Å². The third-order valence-electron chi connectivity index (χ3n) is 3.74. The predicted octanol–water partition coefficient (Wildman–Crippen LogP) is 3.56. The Morgan fingerprint density at radius 2 is 1.81 bits per heavy atom. The van der Waals surface area contributed by atoms with Gasteiger partial charge in [-0.1, -0.05) is 24.3 Å². The van der Waals surface area contributed by atoms with E-state index in [1.165, 1.54) is 22.5 Å². The van der Waals surface area contributed by atoms with Crippen molar-refractivity contribution in [2.24, 2.45) is 0 Å². The molecule has 0 saturated heterocycles. The number of halogens is 2. The van der Waals surface area contributed by atoms with Crippen molar-refractivity contribution >= 4 is 38.8 Å². The molecule has 27 heavy (non-hydrogen) atoms. The second-order valence-electron chi connectivity index (χ2n) is 5.65. The van der Waals surface area contributed by atoms with E-state index >= 15 is 0 Å². The molecular formula is C19H18BrFN2O4. The summed E-state index contributed by atoms with van der Waals surface area (Å²) in [5.74, 6) is -3.87. The zero-order valence-electron chi connectivity index (χ0n) is 14.2. The summed E-state index contributed by atoms with van der Waals surface area (Å²) < 4.78 is 13.7. The summed E-state index contributed by atoms with van der Waals surface area (Å²) in [5.41, 5.74) is 3.57. The van der Waals surface area contributed by atoms with Crippen LogP contribution in [0.4, 0.5) is 4.39 Å². The highest BCUT2D eigenvalue weighted by Gasteiger charge is 2.04. The van der Waals surface area contributed by atoms with E-state index < -0.39 is 11.9 Å². The van der Waals surface area contributed by atoms with Crippen LogP contribution >= 0.6 is 15.9 Å². The average molecular weight is 437 g/mol. The van der Waals surface area contributed by atoms with E-state index in [2.05, 4.69) is 50.6 Å². The Labute approximate surface area is 163 Å². The number of H-pyrrole nitrogens is 1. The van der Waals surface area contributed by atoms with Crippen molar-refractivity contribution in [1.29, 1.82) is 0 Å². The van der Waals surface area contributed by atoms with Crippen LogP contribution in [0.25, 0.3) is 10.9 Å². The number of nitrogens with one attached hydrogen (secondary N) is 2. The van der Waals surface area contributed by atoms with Gasteiger partial charge >= 0.3 is 11.9 Å². The topological polar surface area (TPSA) is 102 Å². The number of fused-ring (bicyclic) bond motifs is 1. The highest BCUT2D eigenvalue weighted by molar-refractivity contribution is 9.10. The molecule has 0 saturated carbocycles. The molecule has 0 amide bonds. The molecule has 0 radical (unpaired) electrons. The first kappa shape index (κ1) is 20.6. The maximum absolute atomic E-state index is 13.2. The van der Waals surface area contributed by atoms with Crippen molar-refractivity contribution in [2.75, 3.05) is 6.54 Å². The molecular weight excluding hydrogens is 419 g/mol. The lowest BCUT2D eigenvalue weighted by Gasteiger charge is -2.05. The Morgan fingerprint density at radius 1 is 1.11 bits per heavy atom. The van der Waals surface area contributed by atoms with Crippen LogP contribution in [0.5, 0.6) is 0 Å². The zero-order chi connectivity index (χ0) is 19.8. The van der Waals surface area contributed by atoms with Gasteiger partial charge in [0, 0.05) is 23.6 Å². The number of rotatable bonds is 5. The number of carbonyl (C=O) groups is 2. The molecule has 3 rings (SSSR count). The lowest BCUT2D eigenvalue weighted by molar-refractivity contribution is -0.159. The Kier molecular flexibility index (Phi) is 7.51. The smallest absolute Gasteiger partial charge is 0.414 e. The van der Waals surface area contributed by atoms with Crippen molar-refractivity contribution in [1.82, 2.24) is 10.3 Å². The number of carboxylic acids is 2. The quantitative estimate of drug-likeness (QED) is 0.361. The lowest BCUT2D eigenvalue weighted by Crippen LogP contribution is -2.16. The summed E-state index contributed by atoms with van der Waals surface area (Å²) in [7, 11) is 0. The standard InChI is InChI=1S/C17H16BrFN2.C2H2O4/c18-15-9-12(5-6-16(15)19)10-20-8-7-13-11-21-17-4-2-1-3-14(13)17;3-1(4)2(5)6/h1-6,9,11,20-21H,7-8,10H2;(H,3,4)(H,5,6). The van der Waals surface area contributed by atoms with Crippen molar-refractivity contribution in [2.45, 2.75) is 13.0 Å². The van der Waals surface area contributed by atoms with Gasteiger partial charge < -0.3 is 20.5 Å². The molecule has 0 unspecified atom stereocenters. The first-order chi connectivity index (χ1) is 12.9. The van der Waals surface area contributed by atoms with Crippen LogP contribution in [0.2, 0.25) is 0 Å². The van der Waals surface area contributed by atoms with Gasteiger partial charge in [-0.3, -0.25) is 0 Å². The molecule has 2 aromatic carbocycles. The molecule has 6 nitrogen and oxygen atoms in total. The highest BCUT2D eigenvalue weighted by Crippen LogP contribution is 2.18. The number of carboxylic acid groups (broad SMARTS) is 2. The van der Waals surface area contributed by atoms with Gasteiger partial charge in [0.25, 0.3) is 0 Å². The number of para-hydroxylation sites is 1. The van der Waals surface area contributed by atoms with E-state index in [0.717, 1.165) is 25.1 Å². The first-order valence-electron chi connectivity index (χ1n) is 8.04. The van der Waals surface area contributed by atoms with Gasteiger partial charge in [-0.05, 0) is 58.2 Å². The number of benzene rings is 2. The minimum absolute atomic E-state index is 0.224. The van der Waals surface area contributed by atoms with Gasteiger partial charge in [0.15, 0.2) is 0 Å². The van der Waals surface area contributed by atoms with Gasteiger partial charge in [-0.15, -0.1) is 0 Å². The SMILES string of the molecule is Fc1ccc(CNCCc2c[nH]c3ccccc23)cc1Br.O=C(O)C(=O)O. The third kappa shape index (κ3) is 6.19. The number of aromatic nitrogens is 1. The summed E-state index contributed by atoms with van der Waals surface area (Å²) in [5, 5.41) is 19.5. The van der Waals surface area contributed by atoms with E-state index in [9.17, 15) is 4.39 Å². The molecule has 0 bridgehead atoms.